The second-order valence-corrected chi connectivity index (χ2v) is 5.01. The third-order valence-electron chi connectivity index (χ3n) is 3.02. The van der Waals surface area contributed by atoms with Crippen LogP contribution in [-0.2, 0) is 4.74 Å². The molecule has 0 saturated carbocycles. The van der Waals surface area contributed by atoms with Gasteiger partial charge < -0.3 is 9.64 Å². The van der Waals surface area contributed by atoms with Crippen LogP contribution in [0, 0.1) is 12.7 Å². The first-order valence-electron chi connectivity index (χ1n) is 5.84. The van der Waals surface area contributed by atoms with E-state index in [4.69, 9.17) is 4.74 Å². The number of halogens is 2. The molecule has 1 unspecified atom stereocenters. The van der Waals surface area contributed by atoms with E-state index in [1.165, 1.54) is 6.07 Å². The van der Waals surface area contributed by atoms with Crippen LogP contribution in [0.5, 0.6) is 0 Å². The number of carbonyl (C=O) groups is 1. The second kappa shape index (κ2) is 5.80. The zero-order valence-electron chi connectivity index (χ0n) is 10.2. The van der Waals surface area contributed by atoms with E-state index in [1.54, 1.807) is 24.0 Å². The van der Waals surface area contributed by atoms with Crippen molar-refractivity contribution in [3.63, 3.8) is 0 Å². The number of ether oxygens (including phenoxy) is 1. The van der Waals surface area contributed by atoms with Crippen molar-refractivity contribution in [2.75, 3.05) is 25.1 Å². The average Bonchev–Trinajstić information content (AvgIpc) is 2.38. The molecule has 1 aromatic carbocycles. The molecule has 1 amide bonds. The van der Waals surface area contributed by atoms with Gasteiger partial charge in [-0.1, -0.05) is 22.0 Å². The van der Waals surface area contributed by atoms with Crippen molar-refractivity contribution in [2.24, 2.45) is 0 Å². The van der Waals surface area contributed by atoms with Gasteiger partial charge in [-0.25, -0.2) is 4.39 Å². The van der Waals surface area contributed by atoms with E-state index < -0.39 is 5.82 Å². The Hall–Kier alpha value is -0.940. The van der Waals surface area contributed by atoms with Crippen LogP contribution in [0.25, 0.3) is 0 Å². The summed E-state index contributed by atoms with van der Waals surface area (Å²) in [6, 6.07) is 4.65. The molecule has 1 saturated heterocycles. The first-order valence-corrected chi connectivity index (χ1v) is 6.96. The number of carbonyl (C=O) groups excluding carboxylic acids is 1. The van der Waals surface area contributed by atoms with Gasteiger partial charge in [0.05, 0.1) is 24.8 Å². The minimum absolute atomic E-state index is 0.0352. The van der Waals surface area contributed by atoms with Crippen LogP contribution >= 0.6 is 15.9 Å². The maximum absolute atomic E-state index is 13.8. The monoisotopic (exact) mass is 315 g/mol. The predicted molar refractivity (Wildman–Crippen MR) is 70.6 cm³/mol. The first kappa shape index (κ1) is 13.5. The smallest absolute Gasteiger partial charge is 0.257 e. The summed E-state index contributed by atoms with van der Waals surface area (Å²) < 4.78 is 19.1. The van der Waals surface area contributed by atoms with Crippen LogP contribution in [0.1, 0.15) is 15.9 Å². The maximum Gasteiger partial charge on any atom is 0.257 e. The number of hydrogen-bond acceptors (Lipinski definition) is 2. The van der Waals surface area contributed by atoms with Gasteiger partial charge in [-0.3, -0.25) is 4.79 Å². The van der Waals surface area contributed by atoms with E-state index in [0.29, 0.717) is 25.1 Å². The highest BCUT2D eigenvalue weighted by Gasteiger charge is 2.28. The van der Waals surface area contributed by atoms with E-state index in [2.05, 4.69) is 15.9 Å². The van der Waals surface area contributed by atoms with Gasteiger partial charge in [-0.2, -0.15) is 0 Å². The van der Waals surface area contributed by atoms with E-state index in [1.807, 2.05) is 0 Å². The molecule has 1 aromatic rings. The number of nitrogens with zero attached hydrogens (tertiary/aromatic N) is 1. The maximum atomic E-state index is 13.8. The summed E-state index contributed by atoms with van der Waals surface area (Å²) in [6.07, 6.45) is 0. The fourth-order valence-corrected chi connectivity index (χ4v) is 2.53. The molecule has 1 fully saturated rings. The van der Waals surface area contributed by atoms with Crippen LogP contribution < -0.4 is 0 Å². The second-order valence-electron chi connectivity index (χ2n) is 4.36. The molecule has 1 atom stereocenters. The van der Waals surface area contributed by atoms with Crippen molar-refractivity contribution >= 4 is 21.8 Å². The van der Waals surface area contributed by atoms with E-state index in [0.717, 1.165) is 5.56 Å². The normalized spacial score (nSPS) is 19.9. The average molecular weight is 316 g/mol. The molecule has 98 valence electrons. The number of hydrogen-bond donors (Lipinski definition) is 0. The lowest BCUT2D eigenvalue weighted by molar-refractivity contribution is 0.00500. The summed E-state index contributed by atoms with van der Waals surface area (Å²) >= 11 is 3.35. The third-order valence-corrected chi connectivity index (χ3v) is 3.77. The summed E-state index contributed by atoms with van der Waals surface area (Å²) in [6.45, 7) is 3.29. The molecule has 0 N–H and O–H groups in total. The Labute approximate surface area is 114 Å². The van der Waals surface area contributed by atoms with Gasteiger partial charge in [0.1, 0.15) is 5.82 Å². The summed E-state index contributed by atoms with van der Waals surface area (Å²) in [5.41, 5.74) is 0.941. The number of rotatable bonds is 2. The van der Waals surface area contributed by atoms with Crippen LogP contribution in [0.15, 0.2) is 18.2 Å². The minimum atomic E-state index is -0.459. The summed E-state index contributed by atoms with van der Waals surface area (Å²) in [5, 5.41) is 0.631. The molecule has 0 spiro atoms. The molecular formula is C13H15BrFNO2. The molecule has 0 bridgehead atoms. The van der Waals surface area contributed by atoms with Crippen molar-refractivity contribution in [2.45, 2.75) is 13.0 Å². The molecule has 0 radical (unpaired) electrons. The zero-order chi connectivity index (χ0) is 13.1. The lowest BCUT2D eigenvalue weighted by Crippen LogP contribution is -2.49. The highest BCUT2D eigenvalue weighted by molar-refractivity contribution is 9.09. The van der Waals surface area contributed by atoms with Gasteiger partial charge in [0.2, 0.25) is 0 Å². The SMILES string of the molecule is Cc1ccc(C(=O)N2CCOCC2CBr)c(F)c1. The summed E-state index contributed by atoms with van der Waals surface area (Å²) in [7, 11) is 0. The predicted octanol–water partition coefficient (Wildman–Crippen LogP) is 2.37. The van der Waals surface area contributed by atoms with Gasteiger partial charge in [0, 0.05) is 11.9 Å². The van der Waals surface area contributed by atoms with Gasteiger partial charge in [0.25, 0.3) is 5.91 Å². The molecule has 1 aliphatic heterocycles. The Morgan fingerprint density at radius 2 is 2.39 bits per heavy atom. The third kappa shape index (κ3) is 2.72. The van der Waals surface area contributed by atoms with Gasteiger partial charge in [-0.05, 0) is 24.6 Å². The van der Waals surface area contributed by atoms with Crippen LogP contribution in [0.3, 0.4) is 0 Å². The van der Waals surface area contributed by atoms with Gasteiger partial charge >= 0.3 is 0 Å². The van der Waals surface area contributed by atoms with E-state index in [-0.39, 0.29) is 17.5 Å². The Bertz CT molecular complexity index is 453. The largest absolute Gasteiger partial charge is 0.377 e. The molecule has 0 aromatic heterocycles. The Balaban J connectivity index is 2.24. The van der Waals surface area contributed by atoms with Crippen LogP contribution in [0.4, 0.5) is 4.39 Å². The summed E-state index contributed by atoms with van der Waals surface area (Å²) in [4.78, 5) is 14.0. The first-order chi connectivity index (χ1) is 8.63. The number of alkyl halides is 1. The lowest BCUT2D eigenvalue weighted by atomic mass is 10.1. The highest BCUT2D eigenvalue weighted by atomic mass is 79.9. The quantitative estimate of drug-likeness (QED) is 0.784. The van der Waals surface area contributed by atoms with Crippen molar-refractivity contribution in [3.8, 4) is 0 Å². The lowest BCUT2D eigenvalue weighted by Gasteiger charge is -2.34. The van der Waals surface area contributed by atoms with Crippen molar-refractivity contribution in [1.29, 1.82) is 0 Å². The van der Waals surface area contributed by atoms with Gasteiger partial charge in [0.15, 0.2) is 0 Å². The molecular weight excluding hydrogens is 301 g/mol. The minimum Gasteiger partial charge on any atom is -0.377 e. The van der Waals surface area contributed by atoms with Crippen LogP contribution in [0.2, 0.25) is 0 Å². The molecule has 2 rings (SSSR count). The zero-order valence-corrected chi connectivity index (χ0v) is 11.7. The topological polar surface area (TPSA) is 29.5 Å². The fourth-order valence-electron chi connectivity index (χ4n) is 2.00. The number of morpholine rings is 1. The molecule has 0 aliphatic carbocycles. The van der Waals surface area contributed by atoms with Crippen LogP contribution in [-0.4, -0.2) is 41.9 Å². The Morgan fingerprint density at radius 1 is 1.61 bits per heavy atom. The molecule has 5 heteroatoms. The number of aryl methyl sites for hydroxylation is 1. The Kier molecular flexibility index (Phi) is 4.35. The van der Waals surface area contributed by atoms with Crippen molar-refractivity contribution in [1.82, 2.24) is 4.90 Å². The number of amides is 1. The molecule has 1 heterocycles. The molecule has 18 heavy (non-hydrogen) atoms. The van der Waals surface area contributed by atoms with Crippen molar-refractivity contribution < 1.29 is 13.9 Å². The molecule has 3 nitrogen and oxygen atoms in total. The summed E-state index contributed by atoms with van der Waals surface area (Å²) in [5.74, 6) is -0.722. The molecule has 1 aliphatic rings. The van der Waals surface area contributed by atoms with Crippen molar-refractivity contribution in [3.05, 3.63) is 35.1 Å². The van der Waals surface area contributed by atoms with Gasteiger partial charge in [-0.15, -0.1) is 0 Å². The van der Waals surface area contributed by atoms with E-state index in [9.17, 15) is 9.18 Å². The highest BCUT2D eigenvalue weighted by Crippen LogP contribution is 2.17. The van der Waals surface area contributed by atoms with E-state index >= 15 is 0 Å². The standard InChI is InChI=1S/C13H15BrFNO2/c1-9-2-3-11(12(15)6-9)13(17)16-4-5-18-8-10(16)7-14/h2-3,6,10H,4-5,7-8H2,1H3. The Morgan fingerprint density at radius 3 is 3.06 bits per heavy atom. The number of benzene rings is 1. The fraction of sp³-hybridized carbons (Fsp3) is 0.462.